The second-order valence-electron chi connectivity index (χ2n) is 12.7. The number of fused-ring (bicyclic) bond motifs is 1. The van der Waals surface area contributed by atoms with Gasteiger partial charge in [0.15, 0.2) is 0 Å². The van der Waals surface area contributed by atoms with E-state index in [2.05, 4.69) is 20.9 Å². The van der Waals surface area contributed by atoms with Crippen molar-refractivity contribution in [2.75, 3.05) is 32.8 Å². The van der Waals surface area contributed by atoms with E-state index in [-0.39, 0.29) is 30.2 Å². The zero-order valence-corrected chi connectivity index (χ0v) is 29.8. The van der Waals surface area contributed by atoms with Crippen LogP contribution in [0.25, 0.3) is 10.9 Å². The number of ether oxygens (including phenoxy) is 1. The molecule has 2 aliphatic rings. The van der Waals surface area contributed by atoms with Crippen LogP contribution in [0.15, 0.2) is 82.3 Å². The van der Waals surface area contributed by atoms with Crippen molar-refractivity contribution in [2.24, 2.45) is 5.92 Å². The number of halogens is 2. The summed E-state index contributed by atoms with van der Waals surface area (Å²) in [5, 5.41) is 1.51. The van der Waals surface area contributed by atoms with E-state index in [1.165, 1.54) is 11.8 Å². The minimum atomic E-state index is -1.18. The largest absolute Gasteiger partial charge is 0.449 e. The summed E-state index contributed by atoms with van der Waals surface area (Å²) < 4.78 is 5.23. The Labute approximate surface area is 292 Å². The number of piperazine rings is 1. The molecule has 2 aliphatic heterocycles. The van der Waals surface area contributed by atoms with Gasteiger partial charge in [0.1, 0.15) is 4.75 Å². The van der Waals surface area contributed by atoms with Crippen molar-refractivity contribution in [2.45, 2.75) is 49.4 Å². The van der Waals surface area contributed by atoms with Gasteiger partial charge in [0.2, 0.25) is 11.8 Å². The molecule has 3 amide bonds. The molecule has 11 heteroatoms. The van der Waals surface area contributed by atoms with Crippen molar-refractivity contribution < 1.29 is 19.1 Å². The van der Waals surface area contributed by atoms with Gasteiger partial charge in [-0.2, -0.15) is 0 Å². The van der Waals surface area contributed by atoms with Gasteiger partial charge < -0.3 is 24.4 Å². The Morgan fingerprint density at radius 1 is 1.02 bits per heavy atom. The van der Waals surface area contributed by atoms with Gasteiger partial charge in [-0.25, -0.2) is 4.79 Å². The third kappa shape index (κ3) is 7.05. The highest BCUT2D eigenvalue weighted by molar-refractivity contribution is 9.10. The summed E-state index contributed by atoms with van der Waals surface area (Å²) in [5.41, 5.74) is 3.78. The summed E-state index contributed by atoms with van der Waals surface area (Å²) >= 11 is 11.3. The lowest BCUT2D eigenvalue weighted by Gasteiger charge is -2.42. The number of likely N-dealkylation sites (tertiary alicyclic amines) is 1. The molecule has 0 aliphatic carbocycles. The average Bonchev–Trinajstić information content (AvgIpc) is 3.58. The first-order chi connectivity index (χ1) is 22.5. The smallest absolute Gasteiger partial charge is 0.409 e. The first kappa shape index (κ1) is 33.4. The minimum Gasteiger partial charge on any atom is -0.449 e. The fourth-order valence-corrected chi connectivity index (χ4v) is 8.29. The van der Waals surface area contributed by atoms with Crippen molar-refractivity contribution >= 4 is 68.1 Å². The summed E-state index contributed by atoms with van der Waals surface area (Å²) in [6.07, 6.45) is 1.59. The molecule has 0 radical (unpaired) electrons. The number of aromatic amines is 1. The molecule has 6 rings (SSSR count). The number of hydrogen-bond acceptors (Lipinski definition) is 5. The Morgan fingerprint density at radius 2 is 1.70 bits per heavy atom. The summed E-state index contributed by atoms with van der Waals surface area (Å²) in [5.74, 6) is 0.0292. The number of rotatable bonds is 8. The highest BCUT2D eigenvalue weighted by atomic mass is 79.9. The van der Waals surface area contributed by atoms with E-state index in [1.54, 1.807) is 4.90 Å². The Balaban J connectivity index is 1.42. The molecule has 8 nitrogen and oxygen atoms in total. The van der Waals surface area contributed by atoms with Crippen LogP contribution in [-0.2, 0) is 20.9 Å². The molecule has 4 aromatic rings. The number of thioether (sulfide) groups is 1. The molecule has 246 valence electrons. The van der Waals surface area contributed by atoms with E-state index >= 15 is 4.79 Å². The van der Waals surface area contributed by atoms with Crippen LogP contribution in [0.1, 0.15) is 43.0 Å². The first-order valence-corrected chi connectivity index (χ1v) is 17.8. The van der Waals surface area contributed by atoms with Crippen LogP contribution in [0.3, 0.4) is 0 Å². The topological polar surface area (TPSA) is 86.0 Å². The maximum Gasteiger partial charge on any atom is 0.409 e. The monoisotopic (exact) mass is 736 g/mol. The molecule has 47 heavy (non-hydrogen) atoms. The second kappa shape index (κ2) is 13.9. The molecule has 2 atom stereocenters. The third-order valence-electron chi connectivity index (χ3n) is 8.77. The van der Waals surface area contributed by atoms with Crippen LogP contribution in [0, 0.1) is 12.8 Å². The van der Waals surface area contributed by atoms with E-state index in [9.17, 15) is 9.59 Å². The molecule has 3 heterocycles. The zero-order chi connectivity index (χ0) is 33.3. The lowest BCUT2D eigenvalue weighted by Crippen LogP contribution is -2.57. The van der Waals surface area contributed by atoms with E-state index in [1.807, 2.05) is 103 Å². The van der Waals surface area contributed by atoms with Crippen LogP contribution >= 0.6 is 39.3 Å². The van der Waals surface area contributed by atoms with Gasteiger partial charge in [-0.1, -0.05) is 77.3 Å². The molecule has 0 saturated carbocycles. The van der Waals surface area contributed by atoms with Crippen LogP contribution in [0.5, 0.6) is 0 Å². The number of carbonyl (C=O) groups is 3. The lowest BCUT2D eigenvalue weighted by molar-refractivity contribution is -0.136. The molecular formula is C36H38BrClN4O4S. The Hall–Kier alpha value is -3.47. The molecule has 2 fully saturated rings. The first-order valence-electron chi connectivity index (χ1n) is 15.8. The molecule has 2 saturated heterocycles. The predicted octanol–water partition coefficient (Wildman–Crippen LogP) is 7.83. The van der Waals surface area contributed by atoms with Crippen molar-refractivity contribution in [3.8, 4) is 0 Å². The van der Waals surface area contributed by atoms with Gasteiger partial charge in [-0.15, -0.1) is 11.8 Å². The average molecular weight is 738 g/mol. The van der Waals surface area contributed by atoms with E-state index in [0.717, 1.165) is 37.0 Å². The summed E-state index contributed by atoms with van der Waals surface area (Å²) in [6.45, 7) is 8.14. The number of benzene rings is 3. The number of aryl methyl sites for hydroxylation is 1. The minimum absolute atomic E-state index is 0.0302. The standard InChI is InChI=1S/C36H38BrClN4O4S/c1-23(2)22-46-35(45)41-16-14-40(15-17-41)34(44)36(47-28-11-4-24(3)5-12-28)19-32(43)42(21-25-6-8-26(37)9-7-25)33(36)30-20-39-31-18-27(38)10-13-29(30)31/h4-13,18,20,23,33,39H,14-17,19,21-22H2,1-3H3/t33-,36-/m0/s1. The number of aromatic nitrogens is 1. The van der Waals surface area contributed by atoms with Crippen molar-refractivity contribution in [3.63, 3.8) is 0 Å². The molecule has 0 spiro atoms. The van der Waals surface area contributed by atoms with Crippen LogP contribution in [0.2, 0.25) is 5.02 Å². The Bertz CT molecular complexity index is 1770. The van der Waals surface area contributed by atoms with Gasteiger partial charge in [-0.3, -0.25) is 9.59 Å². The van der Waals surface area contributed by atoms with Crippen molar-refractivity contribution in [1.82, 2.24) is 19.7 Å². The second-order valence-corrected chi connectivity index (χ2v) is 15.5. The fourth-order valence-electron chi connectivity index (χ4n) is 6.38. The number of H-pyrrole nitrogens is 1. The van der Waals surface area contributed by atoms with E-state index in [0.29, 0.717) is 44.4 Å². The quantitative estimate of drug-likeness (QED) is 0.199. The number of hydrogen-bond donors (Lipinski definition) is 1. The van der Waals surface area contributed by atoms with Gasteiger partial charge in [0.05, 0.1) is 19.1 Å². The van der Waals surface area contributed by atoms with Gasteiger partial charge in [0.25, 0.3) is 0 Å². The summed E-state index contributed by atoms with van der Waals surface area (Å²) in [6, 6.07) is 21.1. The Morgan fingerprint density at radius 3 is 2.38 bits per heavy atom. The maximum absolute atomic E-state index is 15.1. The van der Waals surface area contributed by atoms with Crippen LogP contribution in [-0.4, -0.2) is 75.1 Å². The summed E-state index contributed by atoms with van der Waals surface area (Å²) in [4.78, 5) is 51.8. The number of nitrogens with zero attached hydrogens (tertiary/aromatic N) is 3. The number of carbonyl (C=O) groups excluding carboxylic acids is 3. The maximum atomic E-state index is 15.1. The summed E-state index contributed by atoms with van der Waals surface area (Å²) in [7, 11) is 0. The predicted molar refractivity (Wildman–Crippen MR) is 189 cm³/mol. The molecule has 0 unspecified atom stereocenters. The van der Waals surface area contributed by atoms with Gasteiger partial charge >= 0.3 is 6.09 Å². The third-order valence-corrected chi connectivity index (χ3v) is 11.0. The van der Waals surface area contributed by atoms with E-state index < -0.39 is 10.8 Å². The number of nitrogens with one attached hydrogen (secondary N) is 1. The molecule has 0 bridgehead atoms. The van der Waals surface area contributed by atoms with Gasteiger partial charge in [-0.05, 0) is 54.8 Å². The normalized spacial score (nSPS) is 20.0. The molecule has 1 aromatic heterocycles. The van der Waals surface area contributed by atoms with Crippen LogP contribution < -0.4 is 0 Å². The SMILES string of the molecule is Cc1ccc(S[C@@]2(C(=O)N3CCN(C(=O)OCC(C)C)CC3)CC(=O)N(Cc3ccc(Br)cc3)[C@H]2c2c[nH]c3cc(Cl)ccc23)cc1. The highest BCUT2D eigenvalue weighted by Gasteiger charge is 2.60. The molecular weight excluding hydrogens is 700 g/mol. The lowest BCUT2D eigenvalue weighted by atomic mass is 9.90. The highest BCUT2D eigenvalue weighted by Crippen LogP contribution is 2.55. The molecule has 3 aromatic carbocycles. The van der Waals surface area contributed by atoms with Gasteiger partial charge in [0, 0.05) is 69.8 Å². The molecule has 1 N–H and O–H groups in total. The van der Waals surface area contributed by atoms with Crippen molar-refractivity contribution in [1.29, 1.82) is 0 Å². The van der Waals surface area contributed by atoms with Crippen molar-refractivity contribution in [3.05, 3.63) is 99.1 Å². The van der Waals surface area contributed by atoms with E-state index in [4.69, 9.17) is 16.3 Å². The zero-order valence-electron chi connectivity index (χ0n) is 26.7. The van der Waals surface area contributed by atoms with Crippen LogP contribution in [0.4, 0.5) is 4.79 Å². The Kier molecular flexibility index (Phi) is 9.92. The number of amides is 3. The fraction of sp³-hybridized carbons (Fsp3) is 0.361.